The Labute approximate surface area is 166 Å². The molecule has 1 aromatic carbocycles. The molecule has 5 nitrogen and oxygen atoms in total. The highest BCUT2D eigenvalue weighted by atomic mass is 32.2. The van der Waals surface area contributed by atoms with E-state index in [1.54, 1.807) is 11.8 Å². The van der Waals surface area contributed by atoms with Gasteiger partial charge in [0, 0.05) is 18.3 Å². The predicted molar refractivity (Wildman–Crippen MR) is 113 cm³/mol. The average Bonchev–Trinajstić information content (AvgIpc) is 2.65. The molecule has 1 saturated heterocycles. The van der Waals surface area contributed by atoms with E-state index >= 15 is 0 Å². The molecule has 0 atom stereocenters. The monoisotopic (exact) mass is 395 g/mol. The van der Waals surface area contributed by atoms with E-state index in [4.69, 9.17) is 17.0 Å². The predicted octanol–water partition coefficient (Wildman–Crippen LogP) is 3.39. The van der Waals surface area contributed by atoms with Crippen molar-refractivity contribution < 1.29 is 9.53 Å². The number of amides is 1. The summed E-state index contributed by atoms with van der Waals surface area (Å²) in [7, 11) is 2.17. The van der Waals surface area contributed by atoms with Crippen LogP contribution in [-0.4, -0.2) is 53.8 Å². The Morgan fingerprint density at radius 1 is 1.19 bits per heavy atom. The van der Waals surface area contributed by atoms with Crippen LogP contribution in [0.1, 0.15) is 31.2 Å². The largest absolute Gasteiger partial charge is 0.445 e. The summed E-state index contributed by atoms with van der Waals surface area (Å²) < 4.78 is 6.07. The number of benzene rings is 1. The van der Waals surface area contributed by atoms with Crippen LogP contribution in [0, 0.1) is 0 Å². The van der Waals surface area contributed by atoms with Crippen LogP contribution >= 0.6 is 24.0 Å². The molecule has 0 unspecified atom stereocenters. The van der Waals surface area contributed by atoms with Crippen molar-refractivity contribution >= 4 is 34.4 Å². The van der Waals surface area contributed by atoms with Crippen LogP contribution in [0.25, 0.3) is 0 Å². The van der Waals surface area contributed by atoms with Gasteiger partial charge in [-0.25, -0.2) is 4.79 Å². The van der Waals surface area contributed by atoms with Gasteiger partial charge in [-0.2, -0.15) is 0 Å². The van der Waals surface area contributed by atoms with Gasteiger partial charge in [-0.1, -0.05) is 54.3 Å². The van der Waals surface area contributed by atoms with Crippen molar-refractivity contribution in [1.29, 1.82) is 0 Å². The number of thioether (sulfide) groups is 1. The molecule has 144 valence electrons. The molecule has 0 aliphatic carbocycles. The van der Waals surface area contributed by atoms with Gasteiger partial charge in [-0.15, -0.1) is 0 Å². The number of nitrogens with zero attached hydrogens (tertiary/aromatic N) is 1. The zero-order chi connectivity index (χ0) is 18.6. The Morgan fingerprint density at radius 3 is 2.54 bits per heavy atom. The van der Waals surface area contributed by atoms with E-state index in [9.17, 15) is 4.79 Å². The van der Waals surface area contributed by atoms with Crippen molar-refractivity contribution in [1.82, 2.24) is 15.5 Å². The fourth-order valence-electron chi connectivity index (χ4n) is 2.70. The summed E-state index contributed by atoms with van der Waals surface area (Å²) in [6, 6.07) is 9.67. The summed E-state index contributed by atoms with van der Waals surface area (Å²) in [5.41, 5.74) is 0.988. The van der Waals surface area contributed by atoms with Gasteiger partial charge in [0.05, 0.1) is 0 Å². The third-order valence-corrected chi connectivity index (χ3v) is 5.89. The van der Waals surface area contributed by atoms with Gasteiger partial charge in [0.25, 0.3) is 0 Å². The van der Waals surface area contributed by atoms with Crippen LogP contribution in [-0.2, 0) is 11.3 Å². The van der Waals surface area contributed by atoms with Crippen molar-refractivity contribution in [2.75, 3.05) is 33.2 Å². The van der Waals surface area contributed by atoms with Crippen molar-refractivity contribution in [3.05, 3.63) is 35.9 Å². The minimum absolute atomic E-state index is 0.302. The maximum absolute atomic E-state index is 11.6. The van der Waals surface area contributed by atoms with Gasteiger partial charge in [0.15, 0.2) is 0 Å². The Kier molecular flexibility index (Phi) is 9.81. The van der Waals surface area contributed by atoms with Gasteiger partial charge >= 0.3 is 6.09 Å². The van der Waals surface area contributed by atoms with Crippen molar-refractivity contribution in [3.8, 4) is 0 Å². The number of hydrogen-bond acceptors (Lipinski definition) is 5. The minimum atomic E-state index is -0.366. The number of ether oxygens (including phenoxy) is 1. The molecule has 7 heteroatoms. The Hall–Kier alpha value is -1.31. The van der Waals surface area contributed by atoms with E-state index < -0.39 is 0 Å². The van der Waals surface area contributed by atoms with Gasteiger partial charge in [0.2, 0.25) is 0 Å². The first-order valence-corrected chi connectivity index (χ1v) is 10.5. The average molecular weight is 396 g/mol. The second-order valence-electron chi connectivity index (χ2n) is 6.53. The van der Waals surface area contributed by atoms with Gasteiger partial charge in [0.1, 0.15) is 10.9 Å². The van der Waals surface area contributed by atoms with Crippen LogP contribution in [0.4, 0.5) is 4.79 Å². The lowest BCUT2D eigenvalue weighted by Crippen LogP contribution is -2.33. The number of alkyl carbamates (subject to hydrolysis) is 1. The first-order valence-electron chi connectivity index (χ1n) is 9.21. The summed E-state index contributed by atoms with van der Waals surface area (Å²) in [5.74, 6) is 0. The fraction of sp³-hybridized carbons (Fsp3) is 0.579. The molecule has 1 aliphatic rings. The SMILES string of the molecule is CN1CCC(SC(=S)NCCCCNC(=O)OCc2ccccc2)CC1. The lowest BCUT2D eigenvalue weighted by atomic mass is 10.1. The third-order valence-electron chi connectivity index (χ3n) is 4.29. The zero-order valence-electron chi connectivity index (χ0n) is 15.4. The van der Waals surface area contributed by atoms with E-state index in [1.165, 1.54) is 12.8 Å². The molecule has 0 bridgehead atoms. The number of hydrogen-bond donors (Lipinski definition) is 2. The standard InChI is InChI=1S/C19H29N3O2S2/c1-22-13-9-17(10-14-22)26-19(25)21-12-6-5-11-20-18(23)24-15-16-7-3-2-4-8-16/h2-4,7-8,17H,5-6,9-15H2,1H3,(H,20,23)(H,21,25). The molecule has 26 heavy (non-hydrogen) atoms. The number of likely N-dealkylation sites (tertiary alicyclic amines) is 1. The lowest BCUT2D eigenvalue weighted by molar-refractivity contribution is 0.139. The second kappa shape index (κ2) is 12.1. The van der Waals surface area contributed by atoms with Crippen LogP contribution in [0.2, 0.25) is 0 Å². The molecule has 1 fully saturated rings. The summed E-state index contributed by atoms with van der Waals surface area (Å²) in [6.07, 6.45) is 3.91. The number of unbranched alkanes of at least 4 members (excludes halogenated alkanes) is 1. The number of rotatable bonds is 8. The normalized spacial score (nSPS) is 15.4. The van der Waals surface area contributed by atoms with Crippen LogP contribution in [0.15, 0.2) is 30.3 Å². The van der Waals surface area contributed by atoms with Crippen LogP contribution < -0.4 is 10.6 Å². The molecule has 1 heterocycles. The highest BCUT2D eigenvalue weighted by Gasteiger charge is 2.18. The summed E-state index contributed by atoms with van der Waals surface area (Å²) in [4.78, 5) is 14.0. The van der Waals surface area contributed by atoms with E-state index in [0.717, 1.165) is 42.4 Å². The van der Waals surface area contributed by atoms with E-state index in [2.05, 4.69) is 22.6 Å². The van der Waals surface area contributed by atoms with Crippen LogP contribution in [0.3, 0.4) is 0 Å². The first kappa shape index (κ1) is 21.0. The quantitative estimate of drug-likeness (QED) is 0.520. The number of piperidine rings is 1. The Morgan fingerprint density at radius 2 is 1.85 bits per heavy atom. The molecule has 1 aliphatic heterocycles. The molecular formula is C19H29N3O2S2. The fourth-order valence-corrected chi connectivity index (χ4v) is 4.15. The molecule has 1 aromatic rings. The highest BCUT2D eigenvalue weighted by Crippen LogP contribution is 2.23. The maximum atomic E-state index is 11.6. The topological polar surface area (TPSA) is 53.6 Å². The molecule has 0 aromatic heterocycles. The number of carbonyl (C=O) groups excluding carboxylic acids is 1. The van der Waals surface area contributed by atoms with Gasteiger partial charge in [-0.05, 0) is 51.4 Å². The highest BCUT2D eigenvalue weighted by molar-refractivity contribution is 8.23. The van der Waals surface area contributed by atoms with E-state index in [-0.39, 0.29) is 6.09 Å². The third kappa shape index (κ3) is 8.87. The minimum Gasteiger partial charge on any atom is -0.445 e. The van der Waals surface area contributed by atoms with Gasteiger partial charge in [-0.3, -0.25) is 0 Å². The molecular weight excluding hydrogens is 366 g/mol. The van der Waals surface area contributed by atoms with Crippen molar-refractivity contribution in [2.24, 2.45) is 0 Å². The summed E-state index contributed by atoms with van der Waals surface area (Å²) >= 11 is 7.21. The first-order chi connectivity index (χ1) is 12.6. The maximum Gasteiger partial charge on any atom is 0.407 e. The Balaban J connectivity index is 1.43. The van der Waals surface area contributed by atoms with E-state index in [1.807, 2.05) is 30.3 Å². The van der Waals surface area contributed by atoms with Gasteiger partial charge < -0.3 is 20.3 Å². The molecule has 2 N–H and O–H groups in total. The zero-order valence-corrected chi connectivity index (χ0v) is 17.0. The molecule has 0 radical (unpaired) electrons. The molecule has 2 rings (SSSR count). The number of carbonyl (C=O) groups is 1. The van der Waals surface area contributed by atoms with Crippen molar-refractivity contribution in [2.45, 2.75) is 37.5 Å². The Bertz CT molecular complexity index is 549. The molecule has 1 amide bonds. The number of nitrogens with one attached hydrogen (secondary N) is 2. The van der Waals surface area contributed by atoms with Crippen LogP contribution in [0.5, 0.6) is 0 Å². The summed E-state index contributed by atoms with van der Waals surface area (Å²) in [6.45, 7) is 4.08. The second-order valence-corrected chi connectivity index (χ2v) is 8.51. The van der Waals surface area contributed by atoms with E-state index in [0.29, 0.717) is 18.4 Å². The number of thiocarbonyl (C=S) groups is 1. The molecule has 0 saturated carbocycles. The molecule has 0 spiro atoms. The van der Waals surface area contributed by atoms with Crippen molar-refractivity contribution in [3.63, 3.8) is 0 Å². The smallest absolute Gasteiger partial charge is 0.407 e. The lowest BCUT2D eigenvalue weighted by Gasteiger charge is -2.28. The summed E-state index contributed by atoms with van der Waals surface area (Å²) in [5, 5.41) is 6.74.